The van der Waals surface area contributed by atoms with Gasteiger partial charge in [-0.25, -0.2) is 0 Å². The van der Waals surface area contributed by atoms with Gasteiger partial charge in [0.15, 0.2) is 0 Å². The number of hydrogen-bond donors (Lipinski definition) is 1. The Labute approximate surface area is 76.7 Å². The summed E-state index contributed by atoms with van der Waals surface area (Å²) in [6.07, 6.45) is 5.28. The van der Waals surface area contributed by atoms with Crippen LogP contribution in [-0.4, -0.2) is 6.04 Å². The van der Waals surface area contributed by atoms with E-state index in [1.165, 1.54) is 25.7 Å². The maximum atomic E-state index is 6.06. The van der Waals surface area contributed by atoms with E-state index in [9.17, 15) is 0 Å². The van der Waals surface area contributed by atoms with Gasteiger partial charge in [-0.15, -0.1) is 0 Å². The van der Waals surface area contributed by atoms with Gasteiger partial charge < -0.3 is 5.73 Å². The quantitative estimate of drug-likeness (QED) is 0.676. The SMILES string of the molecule is CCC1CC(C)C(N)CC1CC. The van der Waals surface area contributed by atoms with Gasteiger partial charge in [-0.2, -0.15) is 0 Å². The standard InChI is InChI=1S/C11H23N/c1-4-9-6-8(3)11(12)7-10(9)5-2/h8-11H,4-7,12H2,1-3H3. The van der Waals surface area contributed by atoms with Crippen LogP contribution in [0, 0.1) is 17.8 Å². The van der Waals surface area contributed by atoms with Crippen molar-refractivity contribution in [2.75, 3.05) is 0 Å². The fourth-order valence-corrected chi connectivity index (χ4v) is 2.62. The summed E-state index contributed by atoms with van der Waals surface area (Å²) < 4.78 is 0. The van der Waals surface area contributed by atoms with Crippen LogP contribution >= 0.6 is 0 Å². The third kappa shape index (κ3) is 2.01. The normalized spacial score (nSPS) is 43.0. The maximum Gasteiger partial charge on any atom is 0.00673 e. The van der Waals surface area contributed by atoms with Crippen molar-refractivity contribution < 1.29 is 0 Å². The van der Waals surface area contributed by atoms with Crippen LogP contribution in [0.2, 0.25) is 0 Å². The van der Waals surface area contributed by atoms with Crippen molar-refractivity contribution in [2.45, 2.75) is 52.5 Å². The first-order chi connectivity index (χ1) is 5.69. The molecule has 0 bridgehead atoms. The molecular weight excluding hydrogens is 146 g/mol. The van der Waals surface area contributed by atoms with Crippen LogP contribution in [0.4, 0.5) is 0 Å². The maximum absolute atomic E-state index is 6.06. The largest absolute Gasteiger partial charge is 0.327 e. The lowest BCUT2D eigenvalue weighted by Gasteiger charge is -2.38. The zero-order valence-corrected chi connectivity index (χ0v) is 8.72. The van der Waals surface area contributed by atoms with Gasteiger partial charge in [-0.05, 0) is 30.6 Å². The topological polar surface area (TPSA) is 26.0 Å². The van der Waals surface area contributed by atoms with Gasteiger partial charge >= 0.3 is 0 Å². The Kier molecular flexibility index (Phi) is 3.57. The molecule has 4 atom stereocenters. The minimum absolute atomic E-state index is 0.470. The van der Waals surface area contributed by atoms with Crippen LogP contribution in [-0.2, 0) is 0 Å². The summed E-state index contributed by atoms with van der Waals surface area (Å²) in [6, 6.07) is 0.470. The van der Waals surface area contributed by atoms with E-state index in [4.69, 9.17) is 5.73 Å². The molecule has 0 spiro atoms. The van der Waals surface area contributed by atoms with Crippen molar-refractivity contribution in [3.63, 3.8) is 0 Å². The lowest BCUT2D eigenvalue weighted by atomic mass is 9.70. The Bertz CT molecular complexity index is 117. The monoisotopic (exact) mass is 169 g/mol. The first kappa shape index (κ1) is 10.0. The summed E-state index contributed by atoms with van der Waals surface area (Å²) in [5.74, 6) is 2.60. The lowest BCUT2D eigenvalue weighted by molar-refractivity contribution is 0.156. The highest BCUT2D eigenvalue weighted by Crippen LogP contribution is 2.36. The fraction of sp³-hybridized carbons (Fsp3) is 1.00. The molecule has 1 saturated carbocycles. The van der Waals surface area contributed by atoms with E-state index < -0.39 is 0 Å². The number of nitrogens with two attached hydrogens (primary N) is 1. The summed E-state index contributed by atoms with van der Waals surface area (Å²) in [5.41, 5.74) is 6.06. The van der Waals surface area contributed by atoms with Gasteiger partial charge in [0, 0.05) is 6.04 Å². The van der Waals surface area contributed by atoms with E-state index in [1.807, 2.05) is 0 Å². The van der Waals surface area contributed by atoms with Crippen molar-refractivity contribution in [3.05, 3.63) is 0 Å². The first-order valence-electron chi connectivity index (χ1n) is 5.44. The second-order valence-corrected chi connectivity index (χ2v) is 4.45. The van der Waals surface area contributed by atoms with Crippen molar-refractivity contribution in [1.29, 1.82) is 0 Å². The van der Waals surface area contributed by atoms with Crippen LogP contribution in [0.25, 0.3) is 0 Å². The minimum atomic E-state index is 0.470. The molecule has 0 radical (unpaired) electrons. The highest BCUT2D eigenvalue weighted by Gasteiger charge is 2.30. The van der Waals surface area contributed by atoms with Gasteiger partial charge in [-0.1, -0.05) is 33.6 Å². The lowest BCUT2D eigenvalue weighted by Crippen LogP contribution is -2.39. The van der Waals surface area contributed by atoms with Crippen molar-refractivity contribution in [1.82, 2.24) is 0 Å². The average molecular weight is 169 g/mol. The van der Waals surface area contributed by atoms with Crippen molar-refractivity contribution >= 4 is 0 Å². The van der Waals surface area contributed by atoms with Crippen LogP contribution in [0.5, 0.6) is 0 Å². The molecule has 0 aliphatic heterocycles. The zero-order chi connectivity index (χ0) is 9.14. The van der Waals surface area contributed by atoms with E-state index in [0.717, 1.165) is 17.8 Å². The molecule has 0 aromatic heterocycles. The molecule has 0 amide bonds. The Morgan fingerprint density at radius 1 is 1.08 bits per heavy atom. The highest BCUT2D eigenvalue weighted by atomic mass is 14.7. The van der Waals surface area contributed by atoms with Crippen LogP contribution in [0.3, 0.4) is 0 Å². The van der Waals surface area contributed by atoms with Gasteiger partial charge in [0.25, 0.3) is 0 Å². The molecule has 0 aromatic rings. The molecule has 0 heterocycles. The molecule has 72 valence electrons. The molecule has 1 fully saturated rings. The Morgan fingerprint density at radius 2 is 1.58 bits per heavy atom. The second kappa shape index (κ2) is 4.27. The van der Waals surface area contributed by atoms with E-state index in [2.05, 4.69) is 20.8 Å². The molecule has 0 saturated heterocycles. The third-order valence-corrected chi connectivity index (χ3v) is 3.70. The Hall–Kier alpha value is -0.0400. The summed E-state index contributed by atoms with van der Waals surface area (Å²) in [4.78, 5) is 0. The summed E-state index contributed by atoms with van der Waals surface area (Å²) >= 11 is 0. The molecule has 1 aliphatic carbocycles. The van der Waals surface area contributed by atoms with Gasteiger partial charge in [-0.3, -0.25) is 0 Å². The fourth-order valence-electron chi connectivity index (χ4n) is 2.62. The van der Waals surface area contributed by atoms with Gasteiger partial charge in [0.2, 0.25) is 0 Å². The zero-order valence-electron chi connectivity index (χ0n) is 8.72. The first-order valence-corrected chi connectivity index (χ1v) is 5.44. The Balaban J connectivity index is 2.52. The summed E-state index contributed by atoms with van der Waals surface area (Å²) in [6.45, 7) is 6.92. The molecule has 1 heteroatoms. The summed E-state index contributed by atoms with van der Waals surface area (Å²) in [7, 11) is 0. The Morgan fingerprint density at radius 3 is 2.08 bits per heavy atom. The van der Waals surface area contributed by atoms with Crippen molar-refractivity contribution in [2.24, 2.45) is 23.5 Å². The summed E-state index contributed by atoms with van der Waals surface area (Å²) in [5, 5.41) is 0. The van der Waals surface area contributed by atoms with E-state index in [1.54, 1.807) is 0 Å². The molecule has 1 rings (SSSR count). The molecule has 1 aliphatic rings. The predicted octanol–water partition coefficient (Wildman–Crippen LogP) is 2.80. The van der Waals surface area contributed by atoms with Crippen molar-refractivity contribution in [3.8, 4) is 0 Å². The average Bonchev–Trinajstić information content (AvgIpc) is 2.09. The minimum Gasteiger partial charge on any atom is -0.327 e. The van der Waals surface area contributed by atoms with E-state index >= 15 is 0 Å². The van der Waals surface area contributed by atoms with E-state index in [-0.39, 0.29) is 0 Å². The number of hydrogen-bond acceptors (Lipinski definition) is 1. The highest BCUT2D eigenvalue weighted by molar-refractivity contribution is 4.84. The molecule has 12 heavy (non-hydrogen) atoms. The molecule has 0 aromatic carbocycles. The predicted molar refractivity (Wildman–Crippen MR) is 53.9 cm³/mol. The van der Waals surface area contributed by atoms with Gasteiger partial charge in [0.05, 0.1) is 0 Å². The van der Waals surface area contributed by atoms with Crippen LogP contribution in [0.15, 0.2) is 0 Å². The second-order valence-electron chi connectivity index (χ2n) is 4.45. The third-order valence-electron chi connectivity index (χ3n) is 3.70. The molecular formula is C11H23N. The van der Waals surface area contributed by atoms with Gasteiger partial charge in [0.1, 0.15) is 0 Å². The smallest absolute Gasteiger partial charge is 0.00673 e. The molecule has 4 unspecified atom stereocenters. The number of rotatable bonds is 2. The van der Waals surface area contributed by atoms with E-state index in [0.29, 0.717) is 6.04 Å². The molecule has 1 nitrogen and oxygen atoms in total. The molecule has 2 N–H and O–H groups in total. The van der Waals surface area contributed by atoms with Crippen LogP contribution in [0.1, 0.15) is 46.5 Å². The van der Waals surface area contributed by atoms with Crippen LogP contribution < -0.4 is 5.73 Å².